The van der Waals surface area contributed by atoms with Gasteiger partial charge in [-0.15, -0.1) is 11.6 Å². The number of hydrogen-bond donors (Lipinski definition) is 0. The first-order valence-electron chi connectivity index (χ1n) is 5.88. The number of halogens is 1. The van der Waals surface area contributed by atoms with Crippen LogP contribution in [0.1, 0.15) is 35.4 Å². The molecule has 2 rings (SSSR count). The van der Waals surface area contributed by atoms with E-state index >= 15 is 0 Å². The Balaban J connectivity index is 2.40. The number of rotatable bonds is 4. The molecule has 0 spiro atoms. The van der Waals surface area contributed by atoms with E-state index in [1.165, 1.54) is 29.5 Å². The average Bonchev–Trinajstić information content (AvgIpc) is 3.08. The van der Waals surface area contributed by atoms with Crippen molar-refractivity contribution in [3.05, 3.63) is 28.8 Å². The number of methoxy groups -OCH3 is 1. The van der Waals surface area contributed by atoms with Gasteiger partial charge in [0.15, 0.2) is 0 Å². The lowest BCUT2D eigenvalue weighted by Crippen LogP contribution is -2.06. The zero-order valence-electron chi connectivity index (χ0n) is 10.2. The van der Waals surface area contributed by atoms with Crippen LogP contribution in [0.2, 0.25) is 0 Å². The van der Waals surface area contributed by atoms with Gasteiger partial charge in [0.1, 0.15) is 5.75 Å². The van der Waals surface area contributed by atoms with Crippen molar-refractivity contribution < 1.29 is 4.74 Å². The molecule has 0 saturated heterocycles. The minimum absolute atomic E-state index is 0.468. The lowest BCUT2D eigenvalue weighted by molar-refractivity contribution is 0.404. The number of benzene rings is 1. The van der Waals surface area contributed by atoms with Crippen molar-refractivity contribution >= 4 is 11.6 Å². The third kappa shape index (κ3) is 2.20. The van der Waals surface area contributed by atoms with Crippen LogP contribution >= 0.6 is 11.6 Å². The molecule has 16 heavy (non-hydrogen) atoms. The standard InChI is InChI=1S/C14H19ClO/c1-9-6-12(13(8-15)11-4-5-11)14(16-3)7-10(9)2/h6-7,11,13H,4-5,8H2,1-3H3. The lowest BCUT2D eigenvalue weighted by atomic mass is 9.92. The second-order valence-electron chi connectivity index (χ2n) is 4.78. The van der Waals surface area contributed by atoms with Gasteiger partial charge in [-0.2, -0.15) is 0 Å². The van der Waals surface area contributed by atoms with E-state index in [2.05, 4.69) is 26.0 Å². The molecule has 0 radical (unpaired) electrons. The van der Waals surface area contributed by atoms with Crippen LogP contribution < -0.4 is 4.74 Å². The fourth-order valence-corrected chi connectivity index (χ4v) is 2.66. The van der Waals surface area contributed by atoms with E-state index in [9.17, 15) is 0 Å². The van der Waals surface area contributed by atoms with Crippen molar-refractivity contribution in [2.24, 2.45) is 5.92 Å². The Bertz CT molecular complexity index is 383. The van der Waals surface area contributed by atoms with Crippen LogP contribution in [0.25, 0.3) is 0 Å². The van der Waals surface area contributed by atoms with Crippen LogP contribution in [0.15, 0.2) is 12.1 Å². The highest BCUT2D eigenvalue weighted by Crippen LogP contribution is 2.46. The number of hydrogen-bond acceptors (Lipinski definition) is 1. The summed E-state index contributed by atoms with van der Waals surface area (Å²) < 4.78 is 5.48. The third-order valence-electron chi connectivity index (χ3n) is 3.60. The predicted molar refractivity (Wildman–Crippen MR) is 68.7 cm³/mol. The Morgan fingerprint density at radius 3 is 2.44 bits per heavy atom. The minimum Gasteiger partial charge on any atom is -0.496 e. The van der Waals surface area contributed by atoms with Crippen molar-refractivity contribution in [3.8, 4) is 5.75 Å². The van der Waals surface area contributed by atoms with Crippen molar-refractivity contribution in [2.45, 2.75) is 32.6 Å². The maximum Gasteiger partial charge on any atom is 0.122 e. The van der Waals surface area contributed by atoms with Gasteiger partial charge in [0, 0.05) is 11.8 Å². The van der Waals surface area contributed by atoms with E-state index in [0.29, 0.717) is 11.8 Å². The first-order chi connectivity index (χ1) is 7.67. The largest absolute Gasteiger partial charge is 0.496 e. The highest BCUT2D eigenvalue weighted by molar-refractivity contribution is 6.18. The summed E-state index contributed by atoms with van der Waals surface area (Å²) in [6.07, 6.45) is 2.63. The SMILES string of the molecule is COc1cc(C)c(C)cc1C(CCl)C1CC1. The molecule has 1 aliphatic rings. The summed E-state index contributed by atoms with van der Waals surface area (Å²) in [5.74, 6) is 2.94. The summed E-state index contributed by atoms with van der Waals surface area (Å²) in [7, 11) is 1.74. The zero-order valence-corrected chi connectivity index (χ0v) is 11.0. The highest BCUT2D eigenvalue weighted by Gasteiger charge is 2.33. The zero-order chi connectivity index (χ0) is 11.7. The second kappa shape index (κ2) is 4.67. The van der Waals surface area contributed by atoms with Gasteiger partial charge < -0.3 is 4.74 Å². The molecule has 0 bridgehead atoms. The highest BCUT2D eigenvalue weighted by atomic mass is 35.5. The molecular weight excluding hydrogens is 220 g/mol. The monoisotopic (exact) mass is 238 g/mol. The molecule has 1 saturated carbocycles. The molecule has 1 nitrogen and oxygen atoms in total. The molecule has 1 atom stereocenters. The summed E-state index contributed by atoms with van der Waals surface area (Å²) >= 11 is 6.10. The first-order valence-corrected chi connectivity index (χ1v) is 6.42. The number of alkyl halides is 1. The molecule has 0 N–H and O–H groups in total. The summed E-state index contributed by atoms with van der Waals surface area (Å²) in [4.78, 5) is 0. The molecular formula is C14H19ClO. The third-order valence-corrected chi connectivity index (χ3v) is 3.94. The normalized spacial score (nSPS) is 17.2. The van der Waals surface area contributed by atoms with E-state index in [1.807, 2.05) is 0 Å². The lowest BCUT2D eigenvalue weighted by Gasteiger charge is -2.19. The van der Waals surface area contributed by atoms with Crippen LogP contribution in [-0.2, 0) is 0 Å². The Morgan fingerprint density at radius 1 is 1.31 bits per heavy atom. The Labute approximate surface area is 103 Å². The van der Waals surface area contributed by atoms with E-state index in [1.54, 1.807) is 7.11 Å². The molecule has 2 heteroatoms. The van der Waals surface area contributed by atoms with Gasteiger partial charge in [-0.1, -0.05) is 6.07 Å². The summed E-state index contributed by atoms with van der Waals surface area (Å²) in [6.45, 7) is 4.27. The Kier molecular flexibility index (Phi) is 3.44. The van der Waals surface area contributed by atoms with Gasteiger partial charge in [0.2, 0.25) is 0 Å². The van der Waals surface area contributed by atoms with Gasteiger partial charge in [0.25, 0.3) is 0 Å². The van der Waals surface area contributed by atoms with Crippen molar-refractivity contribution in [1.82, 2.24) is 0 Å². The van der Waals surface area contributed by atoms with Crippen molar-refractivity contribution in [1.29, 1.82) is 0 Å². The van der Waals surface area contributed by atoms with Crippen molar-refractivity contribution in [2.75, 3.05) is 13.0 Å². The minimum atomic E-state index is 0.468. The number of aryl methyl sites for hydroxylation is 2. The summed E-state index contributed by atoms with van der Waals surface area (Å²) in [6, 6.07) is 4.38. The molecule has 88 valence electrons. The van der Waals surface area contributed by atoms with E-state index < -0.39 is 0 Å². The molecule has 1 unspecified atom stereocenters. The van der Waals surface area contributed by atoms with Gasteiger partial charge in [0.05, 0.1) is 7.11 Å². The average molecular weight is 239 g/mol. The second-order valence-corrected chi connectivity index (χ2v) is 5.09. The molecule has 0 heterocycles. The fourth-order valence-electron chi connectivity index (χ4n) is 2.24. The Morgan fingerprint density at radius 2 is 1.94 bits per heavy atom. The van der Waals surface area contributed by atoms with Gasteiger partial charge in [-0.25, -0.2) is 0 Å². The molecule has 1 fully saturated rings. The van der Waals surface area contributed by atoms with Crippen molar-refractivity contribution in [3.63, 3.8) is 0 Å². The topological polar surface area (TPSA) is 9.23 Å². The summed E-state index contributed by atoms with van der Waals surface area (Å²) in [5, 5.41) is 0. The van der Waals surface area contributed by atoms with Gasteiger partial charge in [-0.3, -0.25) is 0 Å². The van der Waals surface area contributed by atoms with E-state index in [4.69, 9.17) is 16.3 Å². The molecule has 0 amide bonds. The maximum atomic E-state index is 6.10. The quantitative estimate of drug-likeness (QED) is 0.720. The van der Waals surface area contributed by atoms with Crippen LogP contribution in [0, 0.1) is 19.8 Å². The first kappa shape index (κ1) is 11.8. The van der Waals surface area contributed by atoms with Crippen LogP contribution in [0.4, 0.5) is 0 Å². The molecule has 1 aromatic rings. The van der Waals surface area contributed by atoms with Crippen LogP contribution in [0.5, 0.6) is 5.75 Å². The molecule has 1 aromatic carbocycles. The van der Waals surface area contributed by atoms with E-state index in [0.717, 1.165) is 11.7 Å². The fraction of sp³-hybridized carbons (Fsp3) is 0.571. The Hall–Kier alpha value is -0.690. The van der Waals surface area contributed by atoms with Gasteiger partial charge >= 0.3 is 0 Å². The van der Waals surface area contributed by atoms with Gasteiger partial charge in [-0.05, 0) is 55.4 Å². The van der Waals surface area contributed by atoms with Crippen LogP contribution in [-0.4, -0.2) is 13.0 Å². The number of ether oxygens (including phenoxy) is 1. The predicted octanol–water partition coefficient (Wildman–Crippen LogP) is 4.04. The summed E-state index contributed by atoms with van der Waals surface area (Å²) in [5.41, 5.74) is 3.90. The molecule has 0 aromatic heterocycles. The molecule has 0 aliphatic heterocycles. The van der Waals surface area contributed by atoms with E-state index in [-0.39, 0.29) is 0 Å². The smallest absolute Gasteiger partial charge is 0.122 e. The maximum absolute atomic E-state index is 6.10. The molecule has 1 aliphatic carbocycles. The van der Waals surface area contributed by atoms with Crippen LogP contribution in [0.3, 0.4) is 0 Å².